The molecule has 5 nitrogen and oxygen atoms in total. The number of halogens is 1. The van der Waals surface area contributed by atoms with Gasteiger partial charge in [0.2, 0.25) is 0 Å². The largest absolute Gasteiger partial charge is 0.493 e. The van der Waals surface area contributed by atoms with Crippen LogP contribution >= 0.6 is 23.4 Å². The van der Waals surface area contributed by atoms with Crippen LogP contribution in [0.15, 0.2) is 17.0 Å². The Bertz CT molecular complexity index is 689. The van der Waals surface area contributed by atoms with Crippen molar-refractivity contribution in [1.29, 1.82) is 0 Å². The third-order valence-corrected chi connectivity index (χ3v) is 4.94. The molecule has 1 aromatic rings. The third-order valence-electron chi connectivity index (χ3n) is 3.72. The number of imide groups is 1. The minimum Gasteiger partial charge on any atom is -0.493 e. The number of carbonyl (C=O) groups excluding carboxylic acids is 2. The summed E-state index contributed by atoms with van der Waals surface area (Å²) in [7, 11) is 1.53. The Morgan fingerprint density at radius 1 is 1.29 bits per heavy atom. The molecule has 130 valence electrons. The van der Waals surface area contributed by atoms with Crippen LogP contribution in [-0.2, 0) is 4.79 Å². The van der Waals surface area contributed by atoms with E-state index in [0.29, 0.717) is 40.0 Å². The van der Waals surface area contributed by atoms with Crippen molar-refractivity contribution in [3.63, 3.8) is 0 Å². The highest BCUT2D eigenvalue weighted by Gasteiger charge is 2.37. The number of carbonyl (C=O) groups is 2. The zero-order chi connectivity index (χ0) is 17.9. The number of benzene rings is 1. The fraction of sp³-hybridized carbons (Fsp3) is 0.412. The van der Waals surface area contributed by atoms with Gasteiger partial charge in [0, 0.05) is 12.1 Å². The number of nitrogens with zero attached hydrogens (tertiary/aromatic N) is 1. The van der Waals surface area contributed by atoms with Crippen LogP contribution in [0.3, 0.4) is 0 Å². The lowest BCUT2D eigenvalue weighted by atomic mass is 10.1. The average molecular weight is 370 g/mol. The van der Waals surface area contributed by atoms with Crippen molar-refractivity contribution < 1.29 is 19.1 Å². The number of ether oxygens (including phenoxy) is 2. The van der Waals surface area contributed by atoms with Crippen LogP contribution in [0.2, 0.25) is 5.02 Å². The van der Waals surface area contributed by atoms with Crippen molar-refractivity contribution in [2.45, 2.75) is 33.2 Å². The number of methoxy groups -OCH3 is 1. The third kappa shape index (κ3) is 3.70. The first-order valence-corrected chi connectivity index (χ1v) is 8.89. The molecule has 7 heteroatoms. The fourth-order valence-corrected chi connectivity index (χ4v) is 3.40. The van der Waals surface area contributed by atoms with Crippen molar-refractivity contribution in [3.8, 4) is 11.5 Å². The van der Waals surface area contributed by atoms with E-state index in [1.165, 1.54) is 12.0 Å². The Kier molecular flexibility index (Phi) is 6.18. The van der Waals surface area contributed by atoms with E-state index in [-0.39, 0.29) is 17.2 Å². The molecule has 1 saturated heterocycles. The van der Waals surface area contributed by atoms with E-state index in [1.807, 2.05) is 20.8 Å². The Labute approximate surface area is 150 Å². The Morgan fingerprint density at radius 2 is 2.00 bits per heavy atom. The van der Waals surface area contributed by atoms with Gasteiger partial charge in [0.25, 0.3) is 11.1 Å². The van der Waals surface area contributed by atoms with Crippen LogP contribution in [0.25, 0.3) is 6.08 Å². The summed E-state index contributed by atoms with van der Waals surface area (Å²) in [6.07, 6.45) is 2.33. The highest BCUT2D eigenvalue weighted by Crippen LogP contribution is 2.38. The number of amides is 2. The first kappa shape index (κ1) is 18.7. The molecule has 0 aromatic heterocycles. The predicted molar refractivity (Wildman–Crippen MR) is 96.7 cm³/mol. The topological polar surface area (TPSA) is 55.8 Å². The van der Waals surface area contributed by atoms with Crippen LogP contribution in [0, 0.1) is 0 Å². The maximum Gasteiger partial charge on any atom is 0.293 e. The van der Waals surface area contributed by atoms with Crippen LogP contribution < -0.4 is 9.47 Å². The fourth-order valence-electron chi connectivity index (χ4n) is 2.27. The van der Waals surface area contributed by atoms with Gasteiger partial charge in [0.15, 0.2) is 11.5 Å². The number of hydrogen-bond acceptors (Lipinski definition) is 5. The van der Waals surface area contributed by atoms with Gasteiger partial charge in [0.1, 0.15) is 0 Å². The molecule has 2 amide bonds. The number of rotatable bonds is 6. The predicted octanol–water partition coefficient (Wildman–Crippen LogP) is 4.58. The summed E-state index contributed by atoms with van der Waals surface area (Å²) in [5, 5.41) is 0.171. The summed E-state index contributed by atoms with van der Waals surface area (Å²) in [5.41, 5.74) is 0.603. The average Bonchev–Trinajstić information content (AvgIpc) is 2.83. The molecule has 1 fully saturated rings. The van der Waals surface area contributed by atoms with Crippen LogP contribution in [0.5, 0.6) is 11.5 Å². The minimum absolute atomic E-state index is 0.131. The van der Waals surface area contributed by atoms with Gasteiger partial charge in [-0.05, 0) is 49.7 Å². The molecule has 1 aliphatic heterocycles. The normalized spacial score (nSPS) is 17.5. The number of thioether (sulfide) groups is 1. The van der Waals surface area contributed by atoms with E-state index in [1.54, 1.807) is 18.2 Å². The molecular weight excluding hydrogens is 350 g/mol. The molecular formula is C17H20ClNO4S. The molecule has 2 rings (SSSR count). The van der Waals surface area contributed by atoms with Gasteiger partial charge in [0.05, 0.1) is 23.6 Å². The molecule has 24 heavy (non-hydrogen) atoms. The van der Waals surface area contributed by atoms with Gasteiger partial charge in [-0.1, -0.05) is 18.5 Å². The lowest BCUT2D eigenvalue weighted by Gasteiger charge is -2.19. The molecule has 1 heterocycles. The van der Waals surface area contributed by atoms with E-state index in [4.69, 9.17) is 21.1 Å². The second kappa shape index (κ2) is 7.94. The smallest absolute Gasteiger partial charge is 0.293 e. The Hall–Kier alpha value is -1.66. The van der Waals surface area contributed by atoms with Gasteiger partial charge in [-0.3, -0.25) is 14.5 Å². The van der Waals surface area contributed by atoms with Gasteiger partial charge in [-0.25, -0.2) is 0 Å². The Balaban J connectivity index is 2.38. The maximum absolute atomic E-state index is 12.5. The van der Waals surface area contributed by atoms with Gasteiger partial charge < -0.3 is 9.47 Å². The Morgan fingerprint density at radius 3 is 2.58 bits per heavy atom. The second-order valence-corrected chi connectivity index (χ2v) is 6.67. The summed E-state index contributed by atoms with van der Waals surface area (Å²) in [6, 6.07) is 3.22. The van der Waals surface area contributed by atoms with Crippen molar-refractivity contribution >= 4 is 40.6 Å². The van der Waals surface area contributed by atoms with Crippen LogP contribution in [0.4, 0.5) is 4.79 Å². The maximum atomic E-state index is 12.5. The van der Waals surface area contributed by atoms with Gasteiger partial charge >= 0.3 is 0 Å². The lowest BCUT2D eigenvalue weighted by molar-refractivity contribution is -0.124. The zero-order valence-corrected chi connectivity index (χ0v) is 15.7. The van der Waals surface area contributed by atoms with E-state index < -0.39 is 0 Å². The molecule has 1 atom stereocenters. The van der Waals surface area contributed by atoms with Crippen molar-refractivity contribution in [3.05, 3.63) is 27.6 Å². The summed E-state index contributed by atoms with van der Waals surface area (Å²) >= 11 is 7.21. The summed E-state index contributed by atoms with van der Waals surface area (Å²) in [4.78, 5) is 26.2. The molecule has 0 N–H and O–H groups in total. The lowest BCUT2D eigenvalue weighted by Crippen LogP contribution is -2.36. The molecule has 0 aliphatic carbocycles. The van der Waals surface area contributed by atoms with E-state index >= 15 is 0 Å². The van der Waals surface area contributed by atoms with Gasteiger partial charge in [-0.15, -0.1) is 0 Å². The molecule has 1 aliphatic rings. The summed E-state index contributed by atoms with van der Waals surface area (Å²) < 4.78 is 10.8. The van der Waals surface area contributed by atoms with Crippen molar-refractivity contribution in [2.75, 3.05) is 13.7 Å². The molecule has 0 spiro atoms. The van der Waals surface area contributed by atoms with Crippen molar-refractivity contribution in [2.24, 2.45) is 0 Å². The molecule has 0 unspecified atom stereocenters. The number of hydrogen-bond donors (Lipinski definition) is 0. The van der Waals surface area contributed by atoms with E-state index in [2.05, 4.69) is 0 Å². The standard InChI is InChI=1S/C17H20ClNO4S/c1-5-10(3)19-16(20)15(24-17(19)21)8-11-7-13(22-4)14(23-6-2)9-12(11)18/h7-10H,5-6H2,1-4H3/b15-8+/t10-/m0/s1. The first-order valence-electron chi connectivity index (χ1n) is 7.70. The quantitative estimate of drug-likeness (QED) is 0.687. The molecule has 0 saturated carbocycles. The van der Waals surface area contributed by atoms with Crippen molar-refractivity contribution in [1.82, 2.24) is 4.90 Å². The van der Waals surface area contributed by atoms with Crippen LogP contribution in [0.1, 0.15) is 32.8 Å². The monoisotopic (exact) mass is 369 g/mol. The SMILES string of the molecule is CCOc1cc(Cl)c(/C=C2/SC(=O)N([C@@H](C)CC)C2=O)cc1OC. The summed E-state index contributed by atoms with van der Waals surface area (Å²) in [5.74, 6) is 0.770. The highest BCUT2D eigenvalue weighted by atomic mass is 35.5. The first-order chi connectivity index (χ1) is 11.4. The summed E-state index contributed by atoms with van der Waals surface area (Å²) in [6.45, 7) is 6.14. The zero-order valence-electron chi connectivity index (χ0n) is 14.1. The van der Waals surface area contributed by atoms with E-state index in [0.717, 1.165) is 11.8 Å². The minimum atomic E-state index is -0.289. The van der Waals surface area contributed by atoms with E-state index in [9.17, 15) is 9.59 Å². The van der Waals surface area contributed by atoms with Crippen LogP contribution in [-0.4, -0.2) is 35.8 Å². The van der Waals surface area contributed by atoms with Gasteiger partial charge in [-0.2, -0.15) is 0 Å². The highest BCUT2D eigenvalue weighted by molar-refractivity contribution is 8.18. The second-order valence-electron chi connectivity index (χ2n) is 5.27. The molecule has 1 aromatic carbocycles. The molecule has 0 radical (unpaired) electrons. The molecule has 0 bridgehead atoms.